The predicted octanol–water partition coefficient (Wildman–Crippen LogP) is 2.85. The molecule has 0 bridgehead atoms. The van der Waals surface area contributed by atoms with E-state index in [4.69, 9.17) is 9.47 Å². The number of nitrogens with zero attached hydrogens (tertiary/aromatic N) is 1. The number of hydrogen-bond acceptors (Lipinski definition) is 4. The third-order valence-corrected chi connectivity index (χ3v) is 4.30. The van der Waals surface area contributed by atoms with E-state index in [2.05, 4.69) is 5.32 Å². The molecule has 0 unspecified atom stereocenters. The Morgan fingerprint density at radius 3 is 2.92 bits per heavy atom. The minimum atomic E-state index is -0.236. The van der Waals surface area contributed by atoms with Gasteiger partial charge in [-0.25, -0.2) is 0 Å². The van der Waals surface area contributed by atoms with Crippen LogP contribution in [0.3, 0.4) is 0 Å². The fraction of sp³-hybridized carbons (Fsp3) is 0.200. The van der Waals surface area contributed by atoms with Gasteiger partial charge in [0.15, 0.2) is 11.5 Å². The summed E-state index contributed by atoms with van der Waals surface area (Å²) in [5.74, 6) is 0.853. The predicted molar refractivity (Wildman–Crippen MR) is 98.5 cm³/mol. The number of anilines is 2. The van der Waals surface area contributed by atoms with E-state index in [1.807, 2.05) is 43.3 Å². The minimum absolute atomic E-state index is 0.0149. The molecule has 0 fully saturated rings. The summed E-state index contributed by atoms with van der Waals surface area (Å²) in [4.78, 5) is 26.5. The maximum atomic E-state index is 13.0. The van der Waals surface area contributed by atoms with Crippen molar-refractivity contribution in [1.29, 1.82) is 0 Å². The van der Waals surface area contributed by atoms with Crippen LogP contribution in [0.2, 0.25) is 0 Å². The van der Waals surface area contributed by atoms with E-state index < -0.39 is 0 Å². The summed E-state index contributed by atoms with van der Waals surface area (Å²) in [5.41, 5.74) is 2.61. The summed E-state index contributed by atoms with van der Waals surface area (Å²) < 4.78 is 11.4. The van der Waals surface area contributed by atoms with Gasteiger partial charge in [0.05, 0.1) is 23.6 Å². The van der Waals surface area contributed by atoms with Crippen LogP contribution < -0.4 is 19.7 Å². The Kier molecular flexibility index (Phi) is 4.08. The molecule has 0 saturated carbocycles. The van der Waals surface area contributed by atoms with Crippen LogP contribution in [-0.4, -0.2) is 31.6 Å². The van der Waals surface area contributed by atoms with Gasteiger partial charge in [-0.2, -0.15) is 0 Å². The van der Waals surface area contributed by atoms with E-state index in [0.29, 0.717) is 35.1 Å². The van der Waals surface area contributed by atoms with Crippen molar-refractivity contribution in [1.82, 2.24) is 0 Å². The van der Waals surface area contributed by atoms with Gasteiger partial charge in [0.1, 0.15) is 13.2 Å². The van der Waals surface area contributed by atoms with Gasteiger partial charge >= 0.3 is 0 Å². The number of fused-ring (bicyclic) bond motifs is 2. The number of nitrogens with one attached hydrogen (secondary N) is 1. The monoisotopic (exact) mass is 350 g/mol. The third kappa shape index (κ3) is 2.79. The summed E-state index contributed by atoms with van der Waals surface area (Å²) >= 11 is 0. The Morgan fingerprint density at radius 2 is 2.08 bits per heavy atom. The number of benzene rings is 2. The quantitative estimate of drug-likeness (QED) is 0.924. The van der Waals surface area contributed by atoms with Gasteiger partial charge in [0.25, 0.3) is 5.91 Å². The number of hydrogen-bond donors (Lipinski definition) is 1. The standard InChI is InChI=1S/C20H18N2O4/c1-2-25-17-9-5-6-13-10-14(12-26-19(13)17)20(24)22-11-18(23)21-15-7-3-4-8-16(15)22/h3-10H,2,11-12H2,1H3,(H,21,23). The number of amides is 2. The highest BCUT2D eigenvalue weighted by molar-refractivity contribution is 6.16. The first-order chi connectivity index (χ1) is 12.7. The van der Waals surface area contributed by atoms with Gasteiger partial charge in [-0.3, -0.25) is 14.5 Å². The number of rotatable bonds is 3. The molecular weight excluding hydrogens is 332 g/mol. The summed E-state index contributed by atoms with van der Waals surface area (Å²) in [6.45, 7) is 2.57. The zero-order chi connectivity index (χ0) is 18.1. The van der Waals surface area contributed by atoms with Gasteiger partial charge in [-0.05, 0) is 31.2 Å². The van der Waals surface area contributed by atoms with Gasteiger partial charge in [-0.1, -0.05) is 24.3 Å². The second kappa shape index (κ2) is 6.55. The largest absolute Gasteiger partial charge is 0.490 e. The molecule has 6 nitrogen and oxygen atoms in total. The van der Waals surface area contributed by atoms with E-state index in [1.165, 1.54) is 4.90 Å². The molecule has 0 saturated heterocycles. The summed E-state index contributed by atoms with van der Waals surface area (Å²) in [6, 6.07) is 12.8. The highest BCUT2D eigenvalue weighted by atomic mass is 16.5. The van der Waals surface area contributed by atoms with E-state index in [0.717, 1.165) is 5.56 Å². The smallest absolute Gasteiger partial charge is 0.258 e. The van der Waals surface area contributed by atoms with Crippen molar-refractivity contribution in [3.63, 3.8) is 0 Å². The molecule has 2 aliphatic rings. The van der Waals surface area contributed by atoms with Crippen LogP contribution in [-0.2, 0) is 9.59 Å². The molecule has 0 aromatic heterocycles. The molecule has 1 N–H and O–H groups in total. The van der Waals surface area contributed by atoms with Crippen molar-refractivity contribution >= 4 is 29.3 Å². The fourth-order valence-electron chi connectivity index (χ4n) is 3.16. The summed E-state index contributed by atoms with van der Waals surface area (Å²) in [5, 5.41) is 2.78. The Balaban J connectivity index is 1.68. The second-order valence-corrected chi connectivity index (χ2v) is 6.02. The van der Waals surface area contributed by atoms with Crippen LogP contribution in [0.4, 0.5) is 11.4 Å². The van der Waals surface area contributed by atoms with Crippen molar-refractivity contribution in [3.8, 4) is 11.5 Å². The van der Waals surface area contributed by atoms with Crippen molar-refractivity contribution < 1.29 is 19.1 Å². The van der Waals surface area contributed by atoms with Crippen LogP contribution in [0.5, 0.6) is 11.5 Å². The first-order valence-electron chi connectivity index (χ1n) is 8.47. The maximum Gasteiger partial charge on any atom is 0.258 e. The van der Waals surface area contributed by atoms with Gasteiger partial charge < -0.3 is 14.8 Å². The number of ether oxygens (including phenoxy) is 2. The number of carbonyl (C=O) groups is 2. The van der Waals surface area contributed by atoms with Crippen LogP contribution in [0.25, 0.3) is 6.08 Å². The van der Waals surface area contributed by atoms with E-state index in [1.54, 1.807) is 12.1 Å². The Bertz CT molecular complexity index is 920. The van der Waals surface area contributed by atoms with Gasteiger partial charge in [0, 0.05) is 5.56 Å². The lowest BCUT2D eigenvalue weighted by molar-refractivity contribution is -0.119. The van der Waals surface area contributed by atoms with E-state index >= 15 is 0 Å². The van der Waals surface area contributed by atoms with Crippen LogP contribution >= 0.6 is 0 Å². The molecule has 6 heteroatoms. The zero-order valence-corrected chi connectivity index (χ0v) is 14.3. The van der Waals surface area contributed by atoms with Crippen molar-refractivity contribution in [2.24, 2.45) is 0 Å². The summed E-state index contributed by atoms with van der Waals surface area (Å²) in [6.07, 6.45) is 1.80. The SMILES string of the molecule is CCOc1cccc2c1OCC(C(=O)N1CC(=O)Nc3ccccc31)=C2. The molecule has 0 radical (unpaired) electrons. The van der Waals surface area contributed by atoms with Crippen LogP contribution in [0.15, 0.2) is 48.0 Å². The second-order valence-electron chi connectivity index (χ2n) is 6.02. The number of carbonyl (C=O) groups excluding carboxylic acids is 2. The van der Waals surface area contributed by atoms with E-state index in [9.17, 15) is 9.59 Å². The van der Waals surface area contributed by atoms with Crippen LogP contribution in [0.1, 0.15) is 12.5 Å². The first-order valence-corrected chi connectivity index (χ1v) is 8.47. The molecule has 4 rings (SSSR count). The highest BCUT2D eigenvalue weighted by Crippen LogP contribution is 2.37. The third-order valence-electron chi connectivity index (χ3n) is 4.30. The lowest BCUT2D eigenvalue weighted by Gasteiger charge is -2.30. The molecule has 0 spiro atoms. The molecule has 2 aliphatic heterocycles. The molecule has 0 aliphatic carbocycles. The average molecular weight is 350 g/mol. The normalized spacial score (nSPS) is 15.2. The fourth-order valence-corrected chi connectivity index (χ4v) is 3.16. The molecule has 2 aromatic rings. The van der Waals surface area contributed by atoms with Crippen molar-refractivity contribution in [2.45, 2.75) is 6.92 Å². The Morgan fingerprint density at radius 1 is 1.23 bits per heavy atom. The average Bonchev–Trinajstić information content (AvgIpc) is 2.67. The minimum Gasteiger partial charge on any atom is -0.490 e. The van der Waals surface area contributed by atoms with Crippen LogP contribution in [0, 0.1) is 0 Å². The maximum absolute atomic E-state index is 13.0. The molecule has 26 heavy (non-hydrogen) atoms. The molecule has 0 atom stereocenters. The zero-order valence-electron chi connectivity index (χ0n) is 14.3. The lowest BCUT2D eigenvalue weighted by atomic mass is 10.0. The van der Waals surface area contributed by atoms with Crippen molar-refractivity contribution in [2.75, 3.05) is 30.0 Å². The number of para-hydroxylation sites is 3. The van der Waals surface area contributed by atoms with E-state index in [-0.39, 0.29) is 25.0 Å². The molecule has 132 valence electrons. The summed E-state index contributed by atoms with van der Waals surface area (Å²) in [7, 11) is 0. The molecule has 2 amide bonds. The molecular formula is C20H18N2O4. The van der Waals surface area contributed by atoms with Gasteiger partial charge in [-0.15, -0.1) is 0 Å². The molecule has 2 aromatic carbocycles. The first kappa shape index (κ1) is 16.2. The van der Waals surface area contributed by atoms with Crippen molar-refractivity contribution in [3.05, 3.63) is 53.6 Å². The topological polar surface area (TPSA) is 67.9 Å². The lowest BCUT2D eigenvalue weighted by Crippen LogP contribution is -2.43. The van der Waals surface area contributed by atoms with Gasteiger partial charge in [0.2, 0.25) is 5.91 Å². The molecule has 2 heterocycles. The Labute approximate surface area is 151 Å². The Hall–Kier alpha value is -3.28. The highest BCUT2D eigenvalue weighted by Gasteiger charge is 2.30.